The van der Waals surface area contributed by atoms with Gasteiger partial charge >= 0.3 is 0 Å². The summed E-state index contributed by atoms with van der Waals surface area (Å²) in [5.74, 6) is 0. The van der Waals surface area contributed by atoms with Crippen LogP contribution in [-0.2, 0) is 13.2 Å². The molecule has 0 radical (unpaired) electrons. The SMILES string of the molecule is OCc1ccc2c(ccn2Cc2cccc(Cl)c2Cl)c1. The van der Waals surface area contributed by atoms with Gasteiger partial charge in [0.15, 0.2) is 0 Å². The number of hydrogen-bond donors (Lipinski definition) is 1. The number of nitrogens with zero attached hydrogens (tertiary/aromatic N) is 1. The van der Waals surface area contributed by atoms with E-state index in [9.17, 15) is 0 Å². The molecule has 3 aromatic rings. The maximum absolute atomic E-state index is 9.17. The summed E-state index contributed by atoms with van der Waals surface area (Å²) >= 11 is 12.3. The lowest BCUT2D eigenvalue weighted by Crippen LogP contribution is -1.98. The molecule has 0 saturated carbocycles. The van der Waals surface area contributed by atoms with Gasteiger partial charge in [-0.3, -0.25) is 0 Å². The fraction of sp³-hybridized carbons (Fsp3) is 0.125. The molecule has 0 saturated heterocycles. The third-order valence-electron chi connectivity index (χ3n) is 3.39. The van der Waals surface area contributed by atoms with Gasteiger partial charge in [-0.15, -0.1) is 0 Å². The molecular weight excluding hydrogens is 293 g/mol. The fourth-order valence-electron chi connectivity index (χ4n) is 2.34. The second-order valence-corrected chi connectivity index (χ2v) is 5.49. The van der Waals surface area contributed by atoms with Crippen LogP contribution in [0.25, 0.3) is 10.9 Å². The molecule has 0 spiro atoms. The Balaban J connectivity index is 2.01. The molecule has 1 aromatic heterocycles. The van der Waals surface area contributed by atoms with Crippen molar-refractivity contribution in [3.63, 3.8) is 0 Å². The molecule has 20 heavy (non-hydrogen) atoms. The van der Waals surface area contributed by atoms with Crippen molar-refractivity contribution in [2.24, 2.45) is 0 Å². The molecule has 0 fully saturated rings. The second-order valence-electron chi connectivity index (χ2n) is 4.71. The number of aromatic nitrogens is 1. The monoisotopic (exact) mass is 305 g/mol. The highest BCUT2D eigenvalue weighted by atomic mass is 35.5. The summed E-state index contributed by atoms with van der Waals surface area (Å²) in [7, 11) is 0. The Morgan fingerprint density at radius 1 is 1.05 bits per heavy atom. The van der Waals surface area contributed by atoms with Crippen LogP contribution >= 0.6 is 23.2 Å². The Hall–Kier alpha value is -1.48. The van der Waals surface area contributed by atoms with E-state index in [0.717, 1.165) is 22.0 Å². The van der Waals surface area contributed by atoms with Gasteiger partial charge in [0.2, 0.25) is 0 Å². The zero-order chi connectivity index (χ0) is 14.1. The quantitative estimate of drug-likeness (QED) is 0.758. The van der Waals surface area contributed by atoms with Crippen LogP contribution in [0.4, 0.5) is 0 Å². The minimum atomic E-state index is 0.0568. The van der Waals surface area contributed by atoms with Crippen LogP contribution in [0, 0.1) is 0 Å². The maximum Gasteiger partial charge on any atom is 0.0682 e. The highest BCUT2D eigenvalue weighted by molar-refractivity contribution is 6.42. The largest absolute Gasteiger partial charge is 0.392 e. The highest BCUT2D eigenvalue weighted by Crippen LogP contribution is 2.27. The van der Waals surface area contributed by atoms with Gasteiger partial charge in [-0.1, -0.05) is 41.4 Å². The molecule has 102 valence electrons. The molecule has 2 aromatic carbocycles. The van der Waals surface area contributed by atoms with E-state index in [4.69, 9.17) is 28.3 Å². The van der Waals surface area contributed by atoms with Crippen LogP contribution < -0.4 is 0 Å². The standard InChI is InChI=1S/C16H13Cl2NO/c17-14-3-1-2-13(16(14)18)9-19-7-6-12-8-11(10-20)4-5-15(12)19/h1-8,20H,9-10H2. The van der Waals surface area contributed by atoms with Crippen molar-refractivity contribution in [2.45, 2.75) is 13.2 Å². The average Bonchev–Trinajstić information content (AvgIpc) is 2.86. The van der Waals surface area contributed by atoms with E-state index in [1.165, 1.54) is 0 Å². The van der Waals surface area contributed by atoms with Crippen molar-refractivity contribution in [3.8, 4) is 0 Å². The number of hydrogen-bond acceptors (Lipinski definition) is 1. The minimum absolute atomic E-state index is 0.0568. The first-order chi connectivity index (χ1) is 9.69. The van der Waals surface area contributed by atoms with E-state index in [1.807, 2.05) is 42.6 Å². The van der Waals surface area contributed by atoms with E-state index in [0.29, 0.717) is 16.6 Å². The van der Waals surface area contributed by atoms with Gasteiger partial charge in [-0.05, 0) is 40.8 Å². The van der Waals surface area contributed by atoms with Crippen molar-refractivity contribution in [1.29, 1.82) is 0 Å². The number of rotatable bonds is 3. The summed E-state index contributed by atoms with van der Waals surface area (Å²) in [6, 6.07) is 13.6. The summed E-state index contributed by atoms with van der Waals surface area (Å²) in [5, 5.41) is 11.4. The first kappa shape index (κ1) is 13.5. The lowest BCUT2D eigenvalue weighted by Gasteiger charge is -2.09. The molecule has 1 N–H and O–H groups in total. The van der Waals surface area contributed by atoms with Crippen LogP contribution in [0.2, 0.25) is 10.0 Å². The van der Waals surface area contributed by atoms with Crippen molar-refractivity contribution in [3.05, 3.63) is 69.8 Å². The van der Waals surface area contributed by atoms with Crippen LogP contribution in [0.1, 0.15) is 11.1 Å². The molecule has 0 aliphatic heterocycles. The number of fused-ring (bicyclic) bond motifs is 1. The maximum atomic E-state index is 9.17. The summed E-state index contributed by atoms with van der Waals surface area (Å²) in [5.41, 5.74) is 3.01. The van der Waals surface area contributed by atoms with E-state index in [-0.39, 0.29) is 6.61 Å². The van der Waals surface area contributed by atoms with Crippen LogP contribution in [0.5, 0.6) is 0 Å². The average molecular weight is 306 g/mol. The molecule has 0 atom stereocenters. The van der Waals surface area contributed by atoms with Gasteiger partial charge in [0.1, 0.15) is 0 Å². The number of benzene rings is 2. The predicted molar refractivity (Wildman–Crippen MR) is 83.4 cm³/mol. The molecule has 2 nitrogen and oxygen atoms in total. The minimum Gasteiger partial charge on any atom is -0.392 e. The molecule has 0 amide bonds. The van der Waals surface area contributed by atoms with Crippen molar-refractivity contribution in [2.75, 3.05) is 0 Å². The van der Waals surface area contributed by atoms with E-state index in [2.05, 4.69) is 4.57 Å². The molecule has 0 bridgehead atoms. The van der Waals surface area contributed by atoms with Gasteiger partial charge in [0, 0.05) is 18.3 Å². The lowest BCUT2D eigenvalue weighted by atomic mass is 10.1. The zero-order valence-corrected chi connectivity index (χ0v) is 12.2. The topological polar surface area (TPSA) is 25.2 Å². The van der Waals surface area contributed by atoms with Crippen molar-refractivity contribution < 1.29 is 5.11 Å². The van der Waals surface area contributed by atoms with Crippen LogP contribution in [0.3, 0.4) is 0 Å². The third kappa shape index (κ3) is 2.42. The Labute approximate surface area is 127 Å². The second kappa shape index (κ2) is 5.49. The van der Waals surface area contributed by atoms with Gasteiger partial charge in [0.25, 0.3) is 0 Å². The molecule has 0 aliphatic carbocycles. The summed E-state index contributed by atoms with van der Waals surface area (Å²) < 4.78 is 2.12. The summed E-state index contributed by atoms with van der Waals surface area (Å²) in [4.78, 5) is 0. The molecule has 0 aliphatic rings. The predicted octanol–water partition coefficient (Wildman–Crippen LogP) is 4.49. The molecule has 1 heterocycles. The molecular formula is C16H13Cl2NO. The first-order valence-corrected chi connectivity index (χ1v) is 7.06. The number of halogens is 2. The van der Waals surface area contributed by atoms with Gasteiger partial charge in [0.05, 0.1) is 16.7 Å². The third-order valence-corrected chi connectivity index (χ3v) is 4.25. The summed E-state index contributed by atoms with van der Waals surface area (Å²) in [6.45, 7) is 0.725. The summed E-state index contributed by atoms with van der Waals surface area (Å²) in [6.07, 6.45) is 2.02. The normalized spacial score (nSPS) is 11.2. The lowest BCUT2D eigenvalue weighted by molar-refractivity contribution is 0.282. The van der Waals surface area contributed by atoms with Crippen LogP contribution in [-0.4, -0.2) is 9.67 Å². The highest BCUT2D eigenvalue weighted by Gasteiger charge is 2.07. The smallest absolute Gasteiger partial charge is 0.0682 e. The Kier molecular flexibility index (Phi) is 3.70. The zero-order valence-electron chi connectivity index (χ0n) is 10.7. The Morgan fingerprint density at radius 3 is 2.70 bits per heavy atom. The van der Waals surface area contributed by atoms with Crippen molar-refractivity contribution in [1.82, 2.24) is 4.57 Å². The van der Waals surface area contributed by atoms with Gasteiger partial charge < -0.3 is 9.67 Å². The Morgan fingerprint density at radius 2 is 1.90 bits per heavy atom. The van der Waals surface area contributed by atoms with Crippen molar-refractivity contribution >= 4 is 34.1 Å². The van der Waals surface area contributed by atoms with E-state index >= 15 is 0 Å². The number of aliphatic hydroxyl groups is 1. The van der Waals surface area contributed by atoms with E-state index in [1.54, 1.807) is 6.07 Å². The molecule has 3 rings (SSSR count). The Bertz CT molecular complexity index is 764. The van der Waals surface area contributed by atoms with Gasteiger partial charge in [-0.2, -0.15) is 0 Å². The fourth-order valence-corrected chi connectivity index (χ4v) is 2.72. The molecule has 0 unspecified atom stereocenters. The van der Waals surface area contributed by atoms with E-state index < -0.39 is 0 Å². The number of aliphatic hydroxyl groups excluding tert-OH is 1. The molecule has 4 heteroatoms. The van der Waals surface area contributed by atoms with Gasteiger partial charge in [-0.25, -0.2) is 0 Å². The first-order valence-electron chi connectivity index (χ1n) is 6.30. The van der Waals surface area contributed by atoms with Crippen LogP contribution in [0.15, 0.2) is 48.7 Å².